The van der Waals surface area contributed by atoms with E-state index in [1.165, 1.54) is 0 Å². The summed E-state index contributed by atoms with van der Waals surface area (Å²) in [5.74, 6) is 0.144. The maximum atomic E-state index is 13.1. The molecule has 3 N–H and O–H groups in total. The van der Waals surface area contributed by atoms with Crippen LogP contribution in [0.15, 0.2) is 65.6 Å². The third-order valence-corrected chi connectivity index (χ3v) is 7.85. The van der Waals surface area contributed by atoms with E-state index in [1.54, 1.807) is 44.2 Å². The molecule has 2 heterocycles. The number of nitrogen functional groups attached to an aromatic ring is 1. The van der Waals surface area contributed by atoms with E-state index in [1.807, 2.05) is 30.3 Å². The van der Waals surface area contributed by atoms with E-state index < -0.39 is 10.0 Å². The average molecular weight is 516 g/mol. The predicted octanol–water partition coefficient (Wildman–Crippen LogP) is 5.09. The van der Waals surface area contributed by atoms with E-state index in [4.69, 9.17) is 5.73 Å². The van der Waals surface area contributed by atoms with E-state index in [9.17, 15) is 13.2 Å². The zero-order valence-corrected chi connectivity index (χ0v) is 22.1. The summed E-state index contributed by atoms with van der Waals surface area (Å²) >= 11 is 0. The van der Waals surface area contributed by atoms with E-state index in [0.717, 1.165) is 22.6 Å². The Bertz CT molecular complexity index is 1600. The summed E-state index contributed by atoms with van der Waals surface area (Å²) < 4.78 is 30.6. The highest BCUT2D eigenvalue weighted by Crippen LogP contribution is 2.40. The minimum atomic E-state index is -3.90. The summed E-state index contributed by atoms with van der Waals surface area (Å²) in [6.07, 6.45) is 1.20. The summed E-state index contributed by atoms with van der Waals surface area (Å²) in [7, 11) is -3.90. The Labute approximate surface area is 216 Å². The van der Waals surface area contributed by atoms with Gasteiger partial charge in [-0.1, -0.05) is 26.0 Å². The number of hydrogen-bond donors (Lipinski definition) is 2. The molecule has 1 aliphatic carbocycles. The van der Waals surface area contributed by atoms with Crippen LogP contribution in [0.4, 0.5) is 11.6 Å². The van der Waals surface area contributed by atoms with Gasteiger partial charge in [0.05, 0.1) is 10.6 Å². The number of carbonyl (C=O) groups is 1. The lowest BCUT2D eigenvalue weighted by Gasteiger charge is -2.30. The largest absolute Gasteiger partial charge is 0.399 e. The summed E-state index contributed by atoms with van der Waals surface area (Å²) in [5, 5.41) is 0. The number of anilines is 2. The van der Waals surface area contributed by atoms with Crippen LogP contribution < -0.4 is 10.5 Å². The highest BCUT2D eigenvalue weighted by Gasteiger charge is 2.35. The van der Waals surface area contributed by atoms with Gasteiger partial charge in [0.2, 0.25) is 5.95 Å². The lowest BCUT2D eigenvalue weighted by molar-refractivity contribution is 0.0911. The first kappa shape index (κ1) is 24.7. The molecule has 37 heavy (non-hydrogen) atoms. The highest BCUT2D eigenvalue weighted by atomic mass is 32.2. The molecule has 0 bridgehead atoms. The zero-order valence-electron chi connectivity index (χ0n) is 21.2. The van der Waals surface area contributed by atoms with Crippen molar-refractivity contribution in [3.05, 3.63) is 83.3 Å². The fourth-order valence-corrected chi connectivity index (χ4v) is 5.84. The highest BCUT2D eigenvalue weighted by molar-refractivity contribution is 7.92. The fraction of sp³-hybridized carbons (Fsp3) is 0.250. The Morgan fingerprint density at radius 2 is 1.54 bits per heavy atom. The molecule has 190 valence electrons. The van der Waals surface area contributed by atoms with Gasteiger partial charge in [0, 0.05) is 40.4 Å². The molecule has 0 spiro atoms. The van der Waals surface area contributed by atoms with Crippen molar-refractivity contribution in [1.82, 2.24) is 14.5 Å². The number of carbonyl (C=O) groups excluding carboxylic acids is 1. The molecular formula is C28H29N5O3S. The first-order valence-electron chi connectivity index (χ1n) is 12.0. The number of ketones is 1. The first-order valence-corrected chi connectivity index (χ1v) is 13.5. The van der Waals surface area contributed by atoms with Gasteiger partial charge in [-0.3, -0.25) is 4.79 Å². The number of fused-ring (bicyclic) bond motifs is 1. The quantitative estimate of drug-likeness (QED) is 0.357. The van der Waals surface area contributed by atoms with Crippen molar-refractivity contribution in [1.29, 1.82) is 0 Å². The summed E-state index contributed by atoms with van der Waals surface area (Å²) in [4.78, 5) is 21.5. The van der Waals surface area contributed by atoms with E-state index in [-0.39, 0.29) is 22.0 Å². The minimum Gasteiger partial charge on any atom is -0.399 e. The van der Waals surface area contributed by atoms with Crippen molar-refractivity contribution in [3.8, 4) is 16.9 Å². The first-order chi connectivity index (χ1) is 17.4. The van der Waals surface area contributed by atoms with Crippen LogP contribution in [-0.4, -0.2) is 28.7 Å². The van der Waals surface area contributed by atoms with Gasteiger partial charge in [0.15, 0.2) is 5.78 Å². The predicted molar refractivity (Wildman–Crippen MR) is 144 cm³/mol. The van der Waals surface area contributed by atoms with Gasteiger partial charge < -0.3 is 10.3 Å². The van der Waals surface area contributed by atoms with E-state index >= 15 is 0 Å². The molecule has 0 radical (unpaired) electrons. The third-order valence-electron chi connectivity index (χ3n) is 6.51. The standard InChI is InChI=1S/C28H29N5O3S/c1-17-13-18(2)31-27(30-17)32-37(35,36)22-11-9-21(10-12-22)33-24(19-5-7-20(29)8-6-19)14-23-25(33)15-28(3,4)16-26(23)34/h5-14H,15-16,29H2,1-4H3,(H,30,31,32). The van der Waals surface area contributed by atoms with Gasteiger partial charge in [-0.05, 0) is 79.8 Å². The maximum Gasteiger partial charge on any atom is 0.264 e. The second-order valence-corrected chi connectivity index (χ2v) is 12.0. The second kappa shape index (κ2) is 8.85. The fourth-order valence-electron chi connectivity index (χ4n) is 4.90. The number of rotatable bonds is 5. The number of nitrogens with two attached hydrogens (primary N) is 1. The number of nitrogens with one attached hydrogen (secondary N) is 1. The van der Waals surface area contributed by atoms with Gasteiger partial charge in [-0.25, -0.2) is 23.1 Å². The number of aryl methyl sites for hydroxylation is 2. The third kappa shape index (κ3) is 4.86. The molecule has 0 unspecified atom stereocenters. The monoisotopic (exact) mass is 515 g/mol. The minimum absolute atomic E-state index is 0.0347. The Hall–Kier alpha value is -3.98. The van der Waals surface area contributed by atoms with Crippen molar-refractivity contribution >= 4 is 27.4 Å². The van der Waals surface area contributed by atoms with Crippen LogP contribution in [0, 0.1) is 19.3 Å². The molecule has 5 rings (SSSR count). The Morgan fingerprint density at radius 3 is 2.16 bits per heavy atom. The SMILES string of the molecule is Cc1cc(C)nc(NS(=O)(=O)c2ccc(-n3c(-c4ccc(N)cc4)cc4c3CC(C)(C)CC4=O)cc2)n1. The van der Waals surface area contributed by atoms with Crippen molar-refractivity contribution in [2.75, 3.05) is 10.5 Å². The van der Waals surface area contributed by atoms with Gasteiger partial charge in [-0.2, -0.15) is 0 Å². The molecule has 0 saturated carbocycles. The van der Waals surface area contributed by atoms with Crippen LogP contribution in [0.2, 0.25) is 0 Å². The average Bonchev–Trinajstić information content (AvgIpc) is 3.17. The van der Waals surface area contributed by atoms with Crippen LogP contribution in [0.3, 0.4) is 0 Å². The van der Waals surface area contributed by atoms with Gasteiger partial charge >= 0.3 is 0 Å². The molecule has 0 aliphatic heterocycles. The van der Waals surface area contributed by atoms with E-state index in [0.29, 0.717) is 35.5 Å². The van der Waals surface area contributed by atoms with Crippen molar-refractivity contribution in [2.24, 2.45) is 5.41 Å². The van der Waals surface area contributed by atoms with Crippen LogP contribution in [-0.2, 0) is 16.4 Å². The van der Waals surface area contributed by atoms with Crippen molar-refractivity contribution < 1.29 is 13.2 Å². The van der Waals surface area contributed by atoms with Crippen molar-refractivity contribution in [2.45, 2.75) is 45.4 Å². The maximum absolute atomic E-state index is 13.1. The molecule has 2 aromatic carbocycles. The molecule has 9 heteroatoms. The van der Waals surface area contributed by atoms with Crippen LogP contribution in [0.1, 0.15) is 47.7 Å². The normalized spacial score (nSPS) is 14.9. The zero-order chi connectivity index (χ0) is 26.5. The summed E-state index contributed by atoms with van der Waals surface area (Å²) in [6, 6.07) is 17.8. The molecule has 8 nitrogen and oxygen atoms in total. The molecule has 0 atom stereocenters. The Kier molecular flexibility index (Phi) is 5.91. The van der Waals surface area contributed by atoms with Gasteiger partial charge in [0.1, 0.15) is 0 Å². The van der Waals surface area contributed by atoms with E-state index in [2.05, 4.69) is 33.1 Å². The lowest BCUT2D eigenvalue weighted by atomic mass is 9.76. The Morgan fingerprint density at radius 1 is 0.919 bits per heavy atom. The number of sulfonamides is 1. The Balaban J connectivity index is 1.58. The number of Topliss-reactive ketones (excluding diaryl/α,β-unsaturated/α-hetero) is 1. The molecule has 4 aromatic rings. The molecule has 0 amide bonds. The number of benzene rings is 2. The summed E-state index contributed by atoms with van der Waals surface area (Å²) in [6.45, 7) is 7.74. The van der Waals surface area contributed by atoms with Crippen LogP contribution in [0.25, 0.3) is 16.9 Å². The van der Waals surface area contributed by atoms with Gasteiger partial charge in [-0.15, -0.1) is 0 Å². The van der Waals surface area contributed by atoms with Crippen LogP contribution >= 0.6 is 0 Å². The summed E-state index contributed by atoms with van der Waals surface area (Å²) in [5.41, 5.74) is 11.9. The number of nitrogens with zero attached hydrogens (tertiary/aromatic N) is 3. The smallest absolute Gasteiger partial charge is 0.264 e. The molecule has 0 saturated heterocycles. The molecule has 1 aliphatic rings. The number of hydrogen-bond acceptors (Lipinski definition) is 6. The second-order valence-electron chi connectivity index (χ2n) is 10.4. The molecule has 0 fully saturated rings. The van der Waals surface area contributed by atoms with Crippen molar-refractivity contribution in [3.63, 3.8) is 0 Å². The van der Waals surface area contributed by atoms with Gasteiger partial charge in [0.25, 0.3) is 10.0 Å². The topological polar surface area (TPSA) is 120 Å². The molecule has 2 aromatic heterocycles. The number of aromatic nitrogens is 3. The molecular weight excluding hydrogens is 486 g/mol. The van der Waals surface area contributed by atoms with Crippen LogP contribution in [0.5, 0.6) is 0 Å². The lowest BCUT2D eigenvalue weighted by Crippen LogP contribution is -2.27.